The van der Waals surface area contributed by atoms with E-state index in [4.69, 9.17) is 0 Å². The van der Waals surface area contributed by atoms with Crippen LogP contribution in [0.15, 0.2) is 0 Å². The molecule has 116 valence electrons. The van der Waals surface area contributed by atoms with Gasteiger partial charge >= 0.3 is 12.4 Å². The highest BCUT2D eigenvalue weighted by molar-refractivity contribution is 7.45. The van der Waals surface area contributed by atoms with Crippen LogP contribution in [-0.4, -0.2) is 20.7 Å². The number of rotatable bonds is 5. The number of phosphoric acid groups is 1. The Balaban J connectivity index is 5.16. The molecule has 0 amide bonds. The number of alkyl halides is 6. The van der Waals surface area contributed by atoms with Gasteiger partial charge in [-0.25, -0.2) is 0 Å². The molecule has 0 aliphatic carbocycles. The molecule has 0 aliphatic heterocycles. The van der Waals surface area contributed by atoms with Gasteiger partial charge in [-0.1, -0.05) is 0 Å². The molecule has 0 radical (unpaired) electrons. The Morgan fingerprint density at radius 1 is 1.05 bits per heavy atom. The minimum atomic E-state index is -5.65. The summed E-state index contributed by atoms with van der Waals surface area (Å²) in [5.74, 6) is 0. The molecular formula is C7H11F6O4PSi-2. The van der Waals surface area contributed by atoms with Crippen LogP contribution in [-0.2, 0) is 8.78 Å². The van der Waals surface area contributed by atoms with Crippen molar-refractivity contribution in [2.24, 2.45) is 0 Å². The van der Waals surface area contributed by atoms with Crippen LogP contribution in [0.1, 0.15) is 12.8 Å². The molecule has 0 saturated carbocycles. The fraction of sp³-hybridized carbons (Fsp3) is 1.00. The Labute approximate surface area is 106 Å². The standard InChI is InChI=1S/C7H13F6O4PSi/c1-19(2,17-18(14,15)16)5(3-6(8,9)10)4-7(11,12)13/h5H,3-4H2,1-2H3,(H2,14,15,16)/p-2. The summed E-state index contributed by atoms with van der Waals surface area (Å²) in [4.78, 5) is 20.8. The molecule has 12 heteroatoms. The molecule has 0 fully saturated rings. The third-order valence-electron chi connectivity index (χ3n) is 2.29. The van der Waals surface area contributed by atoms with Crippen molar-refractivity contribution in [1.82, 2.24) is 0 Å². The zero-order chi connectivity index (χ0) is 15.7. The molecule has 0 spiro atoms. The van der Waals surface area contributed by atoms with Gasteiger partial charge in [-0.05, 0) is 18.6 Å². The zero-order valence-corrected chi connectivity index (χ0v) is 11.7. The number of halogens is 6. The highest BCUT2D eigenvalue weighted by atomic mass is 31.2. The van der Waals surface area contributed by atoms with Crippen molar-refractivity contribution in [2.75, 3.05) is 0 Å². The van der Waals surface area contributed by atoms with Crippen molar-refractivity contribution < 1.29 is 44.9 Å². The summed E-state index contributed by atoms with van der Waals surface area (Å²) in [6, 6.07) is 0. The summed E-state index contributed by atoms with van der Waals surface area (Å²) in [6.45, 7) is 1.66. The predicted molar refractivity (Wildman–Crippen MR) is 51.3 cm³/mol. The molecule has 0 aromatic heterocycles. The summed E-state index contributed by atoms with van der Waals surface area (Å²) >= 11 is 0. The molecule has 0 unspecified atom stereocenters. The van der Waals surface area contributed by atoms with Gasteiger partial charge in [0, 0.05) is 20.7 Å². The average Bonchev–Trinajstić information content (AvgIpc) is 1.91. The molecule has 0 aromatic rings. The van der Waals surface area contributed by atoms with Crippen molar-refractivity contribution in [3.05, 3.63) is 0 Å². The summed E-state index contributed by atoms with van der Waals surface area (Å²) in [5.41, 5.74) is -2.11. The van der Waals surface area contributed by atoms with Crippen LogP contribution in [0.4, 0.5) is 26.3 Å². The molecule has 0 heterocycles. The minimum absolute atomic E-state index is 0.831. The lowest BCUT2D eigenvalue weighted by Gasteiger charge is -2.41. The van der Waals surface area contributed by atoms with E-state index in [2.05, 4.69) is 4.21 Å². The molecule has 19 heavy (non-hydrogen) atoms. The third kappa shape index (κ3) is 9.44. The summed E-state index contributed by atoms with van der Waals surface area (Å²) in [6.07, 6.45) is -13.5. The van der Waals surface area contributed by atoms with Crippen molar-refractivity contribution >= 4 is 16.1 Å². The Kier molecular flexibility index (Phi) is 5.69. The van der Waals surface area contributed by atoms with Gasteiger partial charge in [0.15, 0.2) is 8.32 Å². The van der Waals surface area contributed by atoms with Gasteiger partial charge in [0.1, 0.15) is 0 Å². The van der Waals surface area contributed by atoms with E-state index < -0.39 is 46.9 Å². The minimum Gasteiger partial charge on any atom is -0.791 e. The van der Waals surface area contributed by atoms with E-state index in [9.17, 15) is 40.7 Å². The first kappa shape index (κ1) is 18.9. The van der Waals surface area contributed by atoms with Gasteiger partial charge in [0.05, 0.1) is 0 Å². The average molecular weight is 332 g/mol. The van der Waals surface area contributed by atoms with Crippen molar-refractivity contribution in [2.45, 2.75) is 43.8 Å². The van der Waals surface area contributed by atoms with Crippen LogP contribution in [0.5, 0.6) is 0 Å². The highest BCUT2D eigenvalue weighted by Gasteiger charge is 2.47. The molecular weight excluding hydrogens is 321 g/mol. The van der Waals surface area contributed by atoms with E-state index >= 15 is 0 Å². The molecule has 0 bridgehead atoms. The zero-order valence-electron chi connectivity index (χ0n) is 9.84. The van der Waals surface area contributed by atoms with Gasteiger partial charge in [-0.3, -0.25) is 0 Å². The number of hydrogen-bond acceptors (Lipinski definition) is 4. The second kappa shape index (κ2) is 5.72. The van der Waals surface area contributed by atoms with Gasteiger partial charge in [0.25, 0.3) is 0 Å². The second-order valence-electron chi connectivity index (χ2n) is 4.48. The third-order valence-corrected chi connectivity index (χ3v) is 7.44. The van der Waals surface area contributed by atoms with Gasteiger partial charge in [-0.2, -0.15) is 26.3 Å². The first-order valence-corrected chi connectivity index (χ1v) is 9.33. The maximum absolute atomic E-state index is 12.2. The van der Waals surface area contributed by atoms with Gasteiger partial charge < -0.3 is 18.6 Å². The topological polar surface area (TPSA) is 72.4 Å². The van der Waals surface area contributed by atoms with Crippen LogP contribution in [0.2, 0.25) is 18.6 Å². The SMILES string of the molecule is C[Si](C)(OP(=O)([O-])[O-])C(CC(F)(F)F)CC(F)(F)F. The highest BCUT2D eigenvalue weighted by Crippen LogP contribution is 2.46. The maximum Gasteiger partial charge on any atom is 0.389 e. The maximum atomic E-state index is 12.2. The van der Waals surface area contributed by atoms with Crippen molar-refractivity contribution in [3.8, 4) is 0 Å². The lowest BCUT2D eigenvalue weighted by atomic mass is 10.2. The van der Waals surface area contributed by atoms with Gasteiger partial charge in [0.2, 0.25) is 0 Å². The lowest BCUT2D eigenvalue weighted by Crippen LogP contribution is -2.42. The molecule has 0 saturated heterocycles. The first-order chi connectivity index (χ1) is 8.02. The quantitative estimate of drug-likeness (QED) is 0.440. The van der Waals surface area contributed by atoms with E-state index in [1.807, 2.05) is 0 Å². The Hall–Kier alpha value is -0.0931. The van der Waals surface area contributed by atoms with E-state index in [1.165, 1.54) is 0 Å². The Morgan fingerprint density at radius 2 is 1.37 bits per heavy atom. The molecule has 0 aliphatic rings. The molecule has 0 N–H and O–H groups in total. The largest absolute Gasteiger partial charge is 0.791 e. The summed E-state index contributed by atoms with van der Waals surface area (Å²) < 4.78 is 87.7. The van der Waals surface area contributed by atoms with Crippen LogP contribution >= 0.6 is 7.82 Å². The fourth-order valence-corrected chi connectivity index (χ4v) is 5.83. The summed E-state index contributed by atoms with van der Waals surface area (Å²) in [5, 5.41) is 0. The van der Waals surface area contributed by atoms with Crippen molar-refractivity contribution in [1.29, 1.82) is 0 Å². The second-order valence-corrected chi connectivity index (χ2v) is 10.1. The predicted octanol–water partition coefficient (Wildman–Crippen LogP) is 2.31. The first-order valence-electron chi connectivity index (χ1n) is 4.88. The van der Waals surface area contributed by atoms with Crippen LogP contribution in [0.3, 0.4) is 0 Å². The Morgan fingerprint density at radius 3 is 1.58 bits per heavy atom. The fourth-order valence-electron chi connectivity index (χ4n) is 1.49. The normalized spacial score (nSPS) is 15.1. The summed E-state index contributed by atoms with van der Waals surface area (Å²) in [7, 11) is -9.66. The van der Waals surface area contributed by atoms with Gasteiger partial charge in [-0.15, -0.1) is 0 Å². The van der Waals surface area contributed by atoms with E-state index in [0.717, 1.165) is 13.1 Å². The molecule has 0 aromatic carbocycles. The molecule has 4 nitrogen and oxygen atoms in total. The molecule has 0 rings (SSSR count). The van der Waals surface area contributed by atoms with Crippen LogP contribution in [0.25, 0.3) is 0 Å². The number of hydrogen-bond donors (Lipinski definition) is 0. The van der Waals surface area contributed by atoms with Crippen LogP contribution in [0, 0.1) is 0 Å². The monoisotopic (exact) mass is 332 g/mol. The van der Waals surface area contributed by atoms with E-state index in [-0.39, 0.29) is 0 Å². The Bertz CT molecular complexity index is 332. The smallest absolute Gasteiger partial charge is 0.389 e. The van der Waals surface area contributed by atoms with E-state index in [1.54, 1.807) is 0 Å². The van der Waals surface area contributed by atoms with Crippen molar-refractivity contribution in [3.63, 3.8) is 0 Å². The van der Waals surface area contributed by atoms with Crippen LogP contribution < -0.4 is 9.79 Å². The van der Waals surface area contributed by atoms with E-state index in [0.29, 0.717) is 0 Å². The molecule has 0 atom stereocenters. The lowest BCUT2D eigenvalue weighted by molar-refractivity contribution is -0.335.